The summed E-state index contributed by atoms with van der Waals surface area (Å²) >= 11 is 0. The zero-order valence-electron chi connectivity index (χ0n) is 14.1. The van der Waals surface area contributed by atoms with E-state index in [-0.39, 0.29) is 6.04 Å². The molecule has 2 heterocycles. The molecule has 0 spiro atoms. The van der Waals surface area contributed by atoms with E-state index < -0.39 is 5.82 Å². The summed E-state index contributed by atoms with van der Waals surface area (Å²) in [6.07, 6.45) is 1.38. The number of pyridine rings is 1. The average molecular weight is 343 g/mol. The predicted octanol–water partition coefficient (Wildman–Crippen LogP) is 2.94. The summed E-state index contributed by atoms with van der Waals surface area (Å²) in [5, 5.41) is 3.88. The van der Waals surface area contributed by atoms with E-state index in [4.69, 9.17) is 15.2 Å². The van der Waals surface area contributed by atoms with E-state index >= 15 is 0 Å². The third kappa shape index (κ3) is 3.23. The third-order valence-corrected chi connectivity index (χ3v) is 3.84. The van der Waals surface area contributed by atoms with E-state index in [1.54, 1.807) is 18.2 Å². The van der Waals surface area contributed by atoms with Gasteiger partial charge in [0, 0.05) is 11.6 Å². The van der Waals surface area contributed by atoms with E-state index in [1.165, 1.54) is 26.6 Å². The van der Waals surface area contributed by atoms with Gasteiger partial charge < -0.3 is 20.5 Å². The van der Waals surface area contributed by atoms with Crippen LogP contribution in [0.2, 0.25) is 0 Å². The summed E-state index contributed by atoms with van der Waals surface area (Å²) in [6.45, 7) is 1.82. The van der Waals surface area contributed by atoms with Gasteiger partial charge in [0.1, 0.15) is 23.8 Å². The minimum absolute atomic E-state index is 0.336. The van der Waals surface area contributed by atoms with Gasteiger partial charge in [-0.05, 0) is 25.1 Å². The zero-order chi connectivity index (χ0) is 18.0. The Bertz CT molecular complexity index is 919. The van der Waals surface area contributed by atoms with Crippen molar-refractivity contribution < 1.29 is 13.9 Å². The van der Waals surface area contributed by atoms with Crippen molar-refractivity contribution in [3.8, 4) is 11.5 Å². The largest absolute Gasteiger partial charge is 0.493 e. The molecule has 3 rings (SSSR count). The monoisotopic (exact) mass is 343 g/mol. The van der Waals surface area contributed by atoms with Crippen LogP contribution in [0, 0.1) is 5.82 Å². The summed E-state index contributed by atoms with van der Waals surface area (Å²) < 4.78 is 24.8. The van der Waals surface area contributed by atoms with Crippen LogP contribution >= 0.6 is 0 Å². The molecule has 2 aromatic heterocycles. The molecule has 1 unspecified atom stereocenters. The first-order chi connectivity index (χ1) is 12.0. The fraction of sp³-hybridized carbons (Fsp3) is 0.235. The fourth-order valence-corrected chi connectivity index (χ4v) is 2.56. The summed E-state index contributed by atoms with van der Waals surface area (Å²) in [5.41, 5.74) is 6.57. The van der Waals surface area contributed by atoms with Gasteiger partial charge in [-0.15, -0.1) is 0 Å². The molecular weight excluding hydrogens is 325 g/mol. The minimum Gasteiger partial charge on any atom is -0.493 e. The summed E-state index contributed by atoms with van der Waals surface area (Å²) in [6, 6.07) is 5.96. The molecule has 0 aliphatic carbocycles. The smallest absolute Gasteiger partial charge is 0.166 e. The minimum atomic E-state index is -0.404. The van der Waals surface area contributed by atoms with Crippen LogP contribution in [-0.4, -0.2) is 29.2 Å². The highest BCUT2D eigenvalue weighted by Crippen LogP contribution is 2.33. The number of ether oxygens (including phenoxy) is 2. The number of anilines is 2. The second-order valence-corrected chi connectivity index (χ2v) is 5.42. The Morgan fingerprint density at radius 2 is 1.84 bits per heavy atom. The first kappa shape index (κ1) is 16.7. The van der Waals surface area contributed by atoms with Crippen LogP contribution in [0.15, 0.2) is 30.6 Å². The molecule has 7 nitrogen and oxygen atoms in total. The normalized spacial score (nSPS) is 12.0. The van der Waals surface area contributed by atoms with Crippen molar-refractivity contribution in [2.45, 2.75) is 13.0 Å². The summed E-state index contributed by atoms with van der Waals surface area (Å²) in [4.78, 5) is 12.5. The van der Waals surface area contributed by atoms with Crippen molar-refractivity contribution in [3.05, 3.63) is 42.0 Å². The average Bonchev–Trinajstić information content (AvgIpc) is 2.61. The predicted molar refractivity (Wildman–Crippen MR) is 93.3 cm³/mol. The van der Waals surface area contributed by atoms with Crippen molar-refractivity contribution in [2.75, 3.05) is 25.3 Å². The number of nitrogens with zero attached hydrogens (tertiary/aromatic N) is 3. The highest BCUT2D eigenvalue weighted by molar-refractivity contribution is 5.87. The quantitative estimate of drug-likeness (QED) is 0.735. The first-order valence-corrected chi connectivity index (χ1v) is 7.58. The van der Waals surface area contributed by atoms with Crippen molar-refractivity contribution in [1.29, 1.82) is 0 Å². The zero-order valence-corrected chi connectivity index (χ0v) is 14.1. The SMILES string of the molecule is COc1cc(F)c(C(C)Nc2ncnc3nc(N)ccc23)cc1OC. The van der Waals surface area contributed by atoms with Crippen LogP contribution in [0.3, 0.4) is 0 Å². The molecule has 3 N–H and O–H groups in total. The van der Waals surface area contributed by atoms with E-state index in [0.29, 0.717) is 39.7 Å². The van der Waals surface area contributed by atoms with Gasteiger partial charge in [0.25, 0.3) is 0 Å². The lowest BCUT2D eigenvalue weighted by atomic mass is 10.1. The lowest BCUT2D eigenvalue weighted by molar-refractivity contribution is 0.351. The number of nitrogens with two attached hydrogens (primary N) is 1. The Labute approximate surface area is 144 Å². The molecule has 25 heavy (non-hydrogen) atoms. The molecule has 0 fully saturated rings. The van der Waals surface area contributed by atoms with Gasteiger partial charge in [-0.3, -0.25) is 0 Å². The summed E-state index contributed by atoms with van der Waals surface area (Å²) in [5.74, 6) is 1.30. The molecule has 0 radical (unpaired) electrons. The van der Waals surface area contributed by atoms with Crippen molar-refractivity contribution in [2.24, 2.45) is 0 Å². The number of fused-ring (bicyclic) bond motifs is 1. The van der Waals surface area contributed by atoms with Gasteiger partial charge in [-0.25, -0.2) is 19.3 Å². The standard InChI is InChI=1S/C17H18FN5O2/c1-9(11-6-13(24-2)14(25-3)7-12(11)18)22-16-10-4-5-15(19)23-17(10)21-8-20-16/h4-9H,1-3H3,(H3,19,20,21,22,23). The number of aromatic nitrogens is 3. The lowest BCUT2D eigenvalue weighted by Crippen LogP contribution is -2.11. The van der Waals surface area contributed by atoms with Crippen LogP contribution in [-0.2, 0) is 0 Å². The van der Waals surface area contributed by atoms with E-state index in [1.807, 2.05) is 6.92 Å². The molecule has 0 amide bonds. The van der Waals surface area contributed by atoms with E-state index in [9.17, 15) is 4.39 Å². The molecule has 0 aliphatic rings. The number of methoxy groups -OCH3 is 2. The number of halogens is 1. The molecule has 1 atom stereocenters. The second-order valence-electron chi connectivity index (χ2n) is 5.42. The maximum atomic E-state index is 14.4. The number of hydrogen-bond acceptors (Lipinski definition) is 7. The molecule has 1 aromatic carbocycles. The first-order valence-electron chi connectivity index (χ1n) is 7.58. The highest BCUT2D eigenvalue weighted by Gasteiger charge is 2.17. The number of nitrogens with one attached hydrogen (secondary N) is 1. The molecular formula is C17H18FN5O2. The molecule has 0 bridgehead atoms. The van der Waals surface area contributed by atoms with Crippen LogP contribution in [0.1, 0.15) is 18.5 Å². The Balaban J connectivity index is 1.96. The molecule has 0 aliphatic heterocycles. The van der Waals surface area contributed by atoms with E-state index in [0.717, 1.165) is 0 Å². The topological polar surface area (TPSA) is 95.2 Å². The lowest BCUT2D eigenvalue weighted by Gasteiger charge is -2.18. The molecule has 130 valence electrons. The van der Waals surface area contributed by atoms with Crippen LogP contribution in [0.25, 0.3) is 11.0 Å². The van der Waals surface area contributed by atoms with Crippen LogP contribution in [0.5, 0.6) is 11.5 Å². The molecule has 3 aromatic rings. The van der Waals surface area contributed by atoms with Crippen LogP contribution in [0.4, 0.5) is 16.0 Å². The number of nitrogen functional groups attached to an aromatic ring is 1. The van der Waals surface area contributed by atoms with Crippen molar-refractivity contribution in [1.82, 2.24) is 15.0 Å². The van der Waals surface area contributed by atoms with Gasteiger partial charge >= 0.3 is 0 Å². The Morgan fingerprint density at radius 1 is 1.12 bits per heavy atom. The number of hydrogen-bond donors (Lipinski definition) is 2. The van der Waals surface area contributed by atoms with Gasteiger partial charge in [0.15, 0.2) is 17.1 Å². The second kappa shape index (κ2) is 6.76. The van der Waals surface area contributed by atoms with Crippen molar-refractivity contribution in [3.63, 3.8) is 0 Å². The Morgan fingerprint density at radius 3 is 2.56 bits per heavy atom. The number of rotatable bonds is 5. The number of benzene rings is 1. The highest BCUT2D eigenvalue weighted by atomic mass is 19.1. The third-order valence-electron chi connectivity index (χ3n) is 3.84. The van der Waals surface area contributed by atoms with Gasteiger partial charge in [0.05, 0.1) is 25.6 Å². The van der Waals surface area contributed by atoms with Gasteiger partial charge in [-0.2, -0.15) is 0 Å². The molecule has 0 saturated carbocycles. The molecule has 0 saturated heterocycles. The van der Waals surface area contributed by atoms with Gasteiger partial charge in [0.2, 0.25) is 0 Å². The van der Waals surface area contributed by atoms with Crippen molar-refractivity contribution >= 4 is 22.7 Å². The molecule has 8 heteroatoms. The Kier molecular flexibility index (Phi) is 4.51. The maximum Gasteiger partial charge on any atom is 0.166 e. The van der Waals surface area contributed by atoms with Crippen LogP contribution < -0.4 is 20.5 Å². The fourth-order valence-electron chi connectivity index (χ4n) is 2.56. The van der Waals surface area contributed by atoms with Gasteiger partial charge in [-0.1, -0.05) is 0 Å². The summed E-state index contributed by atoms with van der Waals surface area (Å²) in [7, 11) is 2.97. The maximum absolute atomic E-state index is 14.4. The van der Waals surface area contributed by atoms with E-state index in [2.05, 4.69) is 20.3 Å². The Hall–Kier alpha value is -3.16.